The fraction of sp³-hybridized carbons (Fsp3) is 0.727. The van der Waals surface area contributed by atoms with Crippen LogP contribution in [-0.2, 0) is 6.54 Å². The van der Waals surface area contributed by atoms with E-state index in [1.807, 2.05) is 6.20 Å². The number of hydrazine groups is 1. The summed E-state index contributed by atoms with van der Waals surface area (Å²) in [6.07, 6.45) is 3.13. The van der Waals surface area contributed by atoms with Gasteiger partial charge in [0.15, 0.2) is 5.13 Å². The van der Waals surface area contributed by atoms with E-state index in [0.717, 1.165) is 30.7 Å². The maximum absolute atomic E-state index is 5.31. The third kappa shape index (κ3) is 4.08. The molecule has 1 aromatic rings. The molecule has 16 heavy (non-hydrogen) atoms. The molecule has 0 spiro atoms. The van der Waals surface area contributed by atoms with Gasteiger partial charge in [-0.2, -0.15) is 0 Å². The van der Waals surface area contributed by atoms with Crippen LogP contribution in [0.15, 0.2) is 6.20 Å². The van der Waals surface area contributed by atoms with E-state index in [4.69, 9.17) is 5.84 Å². The first kappa shape index (κ1) is 13.4. The third-order valence-electron chi connectivity index (χ3n) is 2.77. The SMILES string of the molecule is CCC(C)CN(CC)Cc1cnc(NN)s1. The van der Waals surface area contributed by atoms with Crippen LogP contribution in [-0.4, -0.2) is 23.0 Å². The molecular formula is C11H22N4S. The van der Waals surface area contributed by atoms with E-state index in [0.29, 0.717) is 0 Å². The lowest BCUT2D eigenvalue weighted by Crippen LogP contribution is -2.27. The van der Waals surface area contributed by atoms with Crippen molar-refractivity contribution in [2.45, 2.75) is 33.7 Å². The fourth-order valence-electron chi connectivity index (χ4n) is 1.54. The van der Waals surface area contributed by atoms with Crippen molar-refractivity contribution in [3.05, 3.63) is 11.1 Å². The number of anilines is 1. The lowest BCUT2D eigenvalue weighted by molar-refractivity contribution is 0.240. The van der Waals surface area contributed by atoms with Crippen molar-refractivity contribution in [2.75, 3.05) is 18.5 Å². The third-order valence-corrected chi connectivity index (χ3v) is 3.68. The van der Waals surface area contributed by atoms with E-state index in [2.05, 4.69) is 36.1 Å². The van der Waals surface area contributed by atoms with E-state index in [1.54, 1.807) is 11.3 Å². The van der Waals surface area contributed by atoms with Crippen molar-refractivity contribution in [1.82, 2.24) is 9.88 Å². The second-order valence-corrected chi connectivity index (χ2v) is 5.23. The van der Waals surface area contributed by atoms with Crippen molar-refractivity contribution in [1.29, 1.82) is 0 Å². The molecule has 0 fully saturated rings. The van der Waals surface area contributed by atoms with Crippen LogP contribution in [0.2, 0.25) is 0 Å². The maximum atomic E-state index is 5.31. The molecule has 92 valence electrons. The van der Waals surface area contributed by atoms with Crippen LogP contribution in [0.25, 0.3) is 0 Å². The Labute approximate surface area is 102 Å². The molecular weight excluding hydrogens is 220 g/mol. The minimum atomic E-state index is 0.750. The predicted octanol–water partition coefficient (Wildman–Crippen LogP) is 2.30. The highest BCUT2D eigenvalue weighted by Gasteiger charge is 2.09. The van der Waals surface area contributed by atoms with E-state index >= 15 is 0 Å². The highest BCUT2D eigenvalue weighted by Crippen LogP contribution is 2.19. The summed E-state index contributed by atoms with van der Waals surface area (Å²) in [5.74, 6) is 6.06. The van der Waals surface area contributed by atoms with Crippen LogP contribution in [0.1, 0.15) is 32.1 Å². The Morgan fingerprint density at radius 2 is 2.31 bits per heavy atom. The fourth-order valence-corrected chi connectivity index (χ4v) is 2.31. The number of nitrogens with two attached hydrogens (primary N) is 1. The summed E-state index contributed by atoms with van der Waals surface area (Å²) in [6, 6.07) is 0. The normalized spacial score (nSPS) is 13.1. The van der Waals surface area contributed by atoms with Gasteiger partial charge in [-0.3, -0.25) is 10.3 Å². The van der Waals surface area contributed by atoms with Crippen LogP contribution >= 0.6 is 11.3 Å². The summed E-state index contributed by atoms with van der Waals surface area (Å²) in [5.41, 5.74) is 2.58. The minimum Gasteiger partial charge on any atom is -0.300 e. The number of aromatic nitrogens is 1. The molecule has 1 atom stereocenters. The van der Waals surface area contributed by atoms with Gasteiger partial charge in [0.1, 0.15) is 0 Å². The topological polar surface area (TPSA) is 54.2 Å². The molecule has 0 radical (unpaired) electrons. The number of nitrogen functional groups attached to an aromatic ring is 1. The molecule has 1 heterocycles. The maximum Gasteiger partial charge on any atom is 0.197 e. The number of thiazole rings is 1. The number of nitrogens with zero attached hydrogens (tertiary/aromatic N) is 2. The predicted molar refractivity (Wildman–Crippen MR) is 70.3 cm³/mol. The van der Waals surface area contributed by atoms with Crippen LogP contribution in [0.4, 0.5) is 5.13 Å². The van der Waals surface area contributed by atoms with Crippen LogP contribution in [0.5, 0.6) is 0 Å². The van der Waals surface area contributed by atoms with Crippen molar-refractivity contribution >= 4 is 16.5 Å². The average molecular weight is 242 g/mol. The molecule has 0 saturated heterocycles. The molecule has 5 heteroatoms. The first-order valence-corrected chi connectivity index (χ1v) is 6.64. The largest absolute Gasteiger partial charge is 0.300 e. The molecule has 0 aliphatic heterocycles. The highest BCUT2D eigenvalue weighted by atomic mass is 32.1. The quantitative estimate of drug-likeness (QED) is 0.569. The van der Waals surface area contributed by atoms with Gasteiger partial charge in [-0.25, -0.2) is 10.8 Å². The molecule has 0 aliphatic carbocycles. The Hall–Kier alpha value is -0.650. The second kappa shape index (κ2) is 6.83. The molecule has 1 aromatic heterocycles. The Balaban J connectivity index is 2.49. The Kier molecular flexibility index (Phi) is 5.73. The smallest absolute Gasteiger partial charge is 0.197 e. The summed E-state index contributed by atoms with van der Waals surface area (Å²) in [4.78, 5) is 7.89. The summed E-state index contributed by atoms with van der Waals surface area (Å²) < 4.78 is 0. The number of nitrogens with one attached hydrogen (secondary N) is 1. The summed E-state index contributed by atoms with van der Waals surface area (Å²) >= 11 is 1.62. The summed E-state index contributed by atoms with van der Waals surface area (Å²) in [7, 11) is 0. The van der Waals surface area contributed by atoms with Crippen LogP contribution in [0, 0.1) is 5.92 Å². The molecule has 1 rings (SSSR count). The molecule has 0 aromatic carbocycles. The lowest BCUT2D eigenvalue weighted by Gasteiger charge is -2.22. The van der Waals surface area contributed by atoms with Gasteiger partial charge >= 0.3 is 0 Å². The van der Waals surface area contributed by atoms with E-state index < -0.39 is 0 Å². The monoisotopic (exact) mass is 242 g/mol. The number of hydrogen-bond acceptors (Lipinski definition) is 5. The van der Waals surface area contributed by atoms with Gasteiger partial charge in [-0.1, -0.05) is 38.5 Å². The molecule has 0 bridgehead atoms. The zero-order chi connectivity index (χ0) is 12.0. The van der Waals surface area contributed by atoms with E-state index in [-0.39, 0.29) is 0 Å². The van der Waals surface area contributed by atoms with Gasteiger partial charge in [0.25, 0.3) is 0 Å². The van der Waals surface area contributed by atoms with Gasteiger partial charge in [-0.15, -0.1) is 0 Å². The standard InChI is InChI=1S/C11H22N4S/c1-4-9(3)7-15(5-2)8-10-6-13-11(14-12)16-10/h6,9H,4-5,7-8,12H2,1-3H3,(H,13,14). The van der Waals surface area contributed by atoms with E-state index in [1.165, 1.54) is 11.3 Å². The second-order valence-electron chi connectivity index (χ2n) is 4.12. The van der Waals surface area contributed by atoms with Crippen molar-refractivity contribution in [3.8, 4) is 0 Å². The molecule has 0 aliphatic rings. The van der Waals surface area contributed by atoms with Crippen molar-refractivity contribution in [3.63, 3.8) is 0 Å². The van der Waals surface area contributed by atoms with Crippen molar-refractivity contribution < 1.29 is 0 Å². The first-order valence-electron chi connectivity index (χ1n) is 5.83. The Morgan fingerprint density at radius 1 is 1.56 bits per heavy atom. The molecule has 0 amide bonds. The van der Waals surface area contributed by atoms with Gasteiger partial charge in [0.2, 0.25) is 0 Å². The number of rotatable bonds is 7. The van der Waals surface area contributed by atoms with Gasteiger partial charge in [-0.05, 0) is 12.5 Å². The van der Waals surface area contributed by atoms with E-state index in [9.17, 15) is 0 Å². The Morgan fingerprint density at radius 3 is 2.81 bits per heavy atom. The molecule has 4 nitrogen and oxygen atoms in total. The van der Waals surface area contributed by atoms with Crippen LogP contribution in [0.3, 0.4) is 0 Å². The molecule has 0 saturated carbocycles. The Bertz CT molecular complexity index is 300. The first-order chi connectivity index (χ1) is 7.69. The summed E-state index contributed by atoms with van der Waals surface area (Å²) in [6.45, 7) is 9.93. The van der Waals surface area contributed by atoms with Gasteiger partial charge in [0.05, 0.1) is 0 Å². The van der Waals surface area contributed by atoms with Crippen molar-refractivity contribution in [2.24, 2.45) is 11.8 Å². The number of hydrogen-bond donors (Lipinski definition) is 2. The summed E-state index contributed by atoms with van der Waals surface area (Å²) in [5, 5.41) is 0.787. The zero-order valence-electron chi connectivity index (χ0n) is 10.4. The lowest BCUT2D eigenvalue weighted by atomic mass is 10.1. The van der Waals surface area contributed by atoms with Crippen LogP contribution < -0.4 is 11.3 Å². The highest BCUT2D eigenvalue weighted by molar-refractivity contribution is 7.15. The zero-order valence-corrected chi connectivity index (χ0v) is 11.2. The molecule has 1 unspecified atom stereocenters. The van der Waals surface area contributed by atoms with Gasteiger partial charge in [0, 0.05) is 24.2 Å². The average Bonchev–Trinajstić information content (AvgIpc) is 2.75. The minimum absolute atomic E-state index is 0.750. The molecule has 3 N–H and O–H groups in total. The van der Waals surface area contributed by atoms with Gasteiger partial charge < -0.3 is 0 Å².